The summed E-state index contributed by atoms with van der Waals surface area (Å²) in [4.78, 5) is 12.1. The van der Waals surface area contributed by atoms with Gasteiger partial charge in [0.15, 0.2) is 0 Å². The molecule has 5 nitrogen and oxygen atoms in total. The molecule has 0 aliphatic heterocycles. The minimum atomic E-state index is -0.338. The minimum Gasteiger partial charge on any atom is -0.497 e. The second-order valence-electron chi connectivity index (χ2n) is 4.94. The third kappa shape index (κ3) is 3.69. The van der Waals surface area contributed by atoms with Crippen LogP contribution in [-0.4, -0.2) is 20.3 Å². The molecule has 0 unspecified atom stereocenters. The Morgan fingerprint density at radius 2 is 1.68 bits per heavy atom. The van der Waals surface area contributed by atoms with E-state index in [1.54, 1.807) is 32.4 Å². The third-order valence-electron chi connectivity index (χ3n) is 3.42. The van der Waals surface area contributed by atoms with E-state index in [4.69, 9.17) is 9.47 Å². The molecule has 0 saturated carbocycles. The predicted octanol–water partition coefficient (Wildman–Crippen LogP) is 3.96. The molecule has 0 fully saturated rings. The summed E-state index contributed by atoms with van der Waals surface area (Å²) in [5.74, 6) is 1.21. The highest BCUT2D eigenvalue weighted by Crippen LogP contribution is 2.29. The van der Waals surface area contributed by atoms with Crippen LogP contribution in [0.25, 0.3) is 0 Å². The first-order valence-electron chi connectivity index (χ1n) is 6.90. The van der Waals surface area contributed by atoms with E-state index in [-0.39, 0.29) is 6.03 Å². The molecule has 116 valence electrons. The molecule has 0 atom stereocenters. The second-order valence-corrected chi connectivity index (χ2v) is 4.94. The third-order valence-corrected chi connectivity index (χ3v) is 3.42. The molecular weight excluding hydrogens is 280 g/mol. The predicted molar refractivity (Wildman–Crippen MR) is 88.1 cm³/mol. The van der Waals surface area contributed by atoms with Gasteiger partial charge in [0.2, 0.25) is 0 Å². The number of hydrogen-bond donors (Lipinski definition) is 2. The zero-order chi connectivity index (χ0) is 16.1. The van der Waals surface area contributed by atoms with E-state index in [9.17, 15) is 4.79 Å². The first-order valence-corrected chi connectivity index (χ1v) is 6.90. The average Bonchev–Trinajstić information content (AvgIpc) is 2.50. The van der Waals surface area contributed by atoms with Crippen molar-refractivity contribution >= 4 is 17.4 Å². The molecule has 2 amide bonds. The van der Waals surface area contributed by atoms with Crippen LogP contribution in [0.1, 0.15) is 11.1 Å². The Morgan fingerprint density at radius 1 is 0.909 bits per heavy atom. The fraction of sp³-hybridized carbons (Fsp3) is 0.235. The van der Waals surface area contributed by atoms with Crippen LogP contribution >= 0.6 is 0 Å². The van der Waals surface area contributed by atoms with Crippen molar-refractivity contribution in [3.8, 4) is 11.5 Å². The molecule has 2 aromatic rings. The molecule has 0 radical (unpaired) electrons. The quantitative estimate of drug-likeness (QED) is 0.898. The molecular formula is C17H20N2O3. The van der Waals surface area contributed by atoms with Gasteiger partial charge >= 0.3 is 6.03 Å². The number of anilines is 2. The van der Waals surface area contributed by atoms with E-state index < -0.39 is 0 Å². The summed E-state index contributed by atoms with van der Waals surface area (Å²) in [5.41, 5.74) is 3.59. The lowest BCUT2D eigenvalue weighted by Crippen LogP contribution is -2.20. The smallest absolute Gasteiger partial charge is 0.323 e. The molecule has 0 spiro atoms. The number of amides is 2. The number of methoxy groups -OCH3 is 2. The number of hydrogen-bond acceptors (Lipinski definition) is 3. The molecule has 0 heterocycles. The van der Waals surface area contributed by atoms with Gasteiger partial charge in [-0.3, -0.25) is 0 Å². The fourth-order valence-corrected chi connectivity index (χ4v) is 2.02. The number of carbonyl (C=O) groups excluding carboxylic acids is 1. The molecule has 2 N–H and O–H groups in total. The van der Waals surface area contributed by atoms with Gasteiger partial charge < -0.3 is 20.1 Å². The zero-order valence-electron chi connectivity index (χ0n) is 13.2. The van der Waals surface area contributed by atoms with Crippen LogP contribution in [0.3, 0.4) is 0 Å². The first-order chi connectivity index (χ1) is 10.5. The van der Waals surface area contributed by atoms with E-state index in [2.05, 4.69) is 10.6 Å². The molecule has 22 heavy (non-hydrogen) atoms. The lowest BCUT2D eigenvalue weighted by molar-refractivity contribution is 0.262. The summed E-state index contributed by atoms with van der Waals surface area (Å²) in [5, 5.41) is 5.56. The van der Waals surface area contributed by atoms with E-state index in [0.717, 1.165) is 11.3 Å². The van der Waals surface area contributed by atoms with Crippen LogP contribution < -0.4 is 20.1 Å². The molecule has 2 rings (SSSR count). The monoisotopic (exact) mass is 300 g/mol. The van der Waals surface area contributed by atoms with Crippen LogP contribution in [0.15, 0.2) is 36.4 Å². The first kappa shape index (κ1) is 15.7. The minimum absolute atomic E-state index is 0.338. The SMILES string of the molecule is COc1ccc(OC)c(NC(=O)Nc2ccc(C)c(C)c2)c1. The van der Waals surface area contributed by atoms with E-state index >= 15 is 0 Å². The Kier molecular flexibility index (Phi) is 4.88. The van der Waals surface area contributed by atoms with Crippen molar-refractivity contribution in [2.24, 2.45) is 0 Å². The Hall–Kier alpha value is -2.69. The molecule has 0 bridgehead atoms. The van der Waals surface area contributed by atoms with Crippen molar-refractivity contribution < 1.29 is 14.3 Å². The van der Waals surface area contributed by atoms with E-state index in [1.165, 1.54) is 5.56 Å². The maximum Gasteiger partial charge on any atom is 0.323 e. The standard InChI is InChI=1S/C17H20N2O3/c1-11-5-6-13(9-12(11)2)18-17(20)19-15-10-14(21-3)7-8-16(15)22-4/h5-10H,1-4H3,(H2,18,19,20). The van der Waals surface area contributed by atoms with Gasteiger partial charge in [-0.2, -0.15) is 0 Å². The zero-order valence-corrected chi connectivity index (χ0v) is 13.2. The Labute approximate surface area is 130 Å². The van der Waals surface area contributed by atoms with Crippen molar-refractivity contribution in [1.29, 1.82) is 0 Å². The lowest BCUT2D eigenvalue weighted by Gasteiger charge is -2.13. The van der Waals surface area contributed by atoms with Crippen molar-refractivity contribution in [3.63, 3.8) is 0 Å². The van der Waals surface area contributed by atoms with Crippen LogP contribution in [0.5, 0.6) is 11.5 Å². The summed E-state index contributed by atoms with van der Waals surface area (Å²) in [6, 6.07) is 10.6. The van der Waals surface area contributed by atoms with E-state index in [0.29, 0.717) is 17.2 Å². The van der Waals surface area contributed by atoms with Crippen molar-refractivity contribution in [1.82, 2.24) is 0 Å². The number of benzene rings is 2. The highest BCUT2D eigenvalue weighted by molar-refractivity contribution is 6.00. The number of carbonyl (C=O) groups is 1. The highest BCUT2D eigenvalue weighted by Gasteiger charge is 2.09. The van der Waals surface area contributed by atoms with Crippen LogP contribution in [0.4, 0.5) is 16.2 Å². The highest BCUT2D eigenvalue weighted by atomic mass is 16.5. The molecule has 2 aromatic carbocycles. The maximum atomic E-state index is 12.1. The topological polar surface area (TPSA) is 59.6 Å². The molecule has 0 aliphatic rings. The van der Waals surface area contributed by atoms with Gasteiger partial charge in [-0.15, -0.1) is 0 Å². The second kappa shape index (κ2) is 6.85. The number of nitrogens with one attached hydrogen (secondary N) is 2. The molecule has 0 saturated heterocycles. The summed E-state index contributed by atoms with van der Waals surface area (Å²) < 4.78 is 10.4. The number of urea groups is 1. The van der Waals surface area contributed by atoms with Gasteiger partial charge in [0.05, 0.1) is 19.9 Å². The molecule has 5 heteroatoms. The summed E-state index contributed by atoms with van der Waals surface area (Å²) in [6.07, 6.45) is 0. The van der Waals surface area contributed by atoms with Crippen molar-refractivity contribution in [3.05, 3.63) is 47.5 Å². The van der Waals surface area contributed by atoms with Gasteiger partial charge in [0, 0.05) is 11.8 Å². The Bertz CT molecular complexity index is 684. The molecule has 0 aliphatic carbocycles. The number of rotatable bonds is 4. The number of aryl methyl sites for hydroxylation is 2. The normalized spacial score (nSPS) is 10.0. The van der Waals surface area contributed by atoms with Gasteiger partial charge in [-0.05, 0) is 49.2 Å². The van der Waals surface area contributed by atoms with Gasteiger partial charge in [-0.1, -0.05) is 6.07 Å². The van der Waals surface area contributed by atoms with Gasteiger partial charge in [-0.25, -0.2) is 4.79 Å². The van der Waals surface area contributed by atoms with Crippen LogP contribution in [0.2, 0.25) is 0 Å². The largest absolute Gasteiger partial charge is 0.497 e. The Morgan fingerprint density at radius 3 is 2.32 bits per heavy atom. The van der Waals surface area contributed by atoms with Crippen molar-refractivity contribution in [2.45, 2.75) is 13.8 Å². The van der Waals surface area contributed by atoms with Crippen molar-refractivity contribution in [2.75, 3.05) is 24.9 Å². The fourth-order valence-electron chi connectivity index (χ4n) is 2.02. The Balaban J connectivity index is 2.12. The summed E-state index contributed by atoms with van der Waals surface area (Å²) >= 11 is 0. The van der Waals surface area contributed by atoms with Crippen LogP contribution in [0, 0.1) is 13.8 Å². The lowest BCUT2D eigenvalue weighted by atomic mass is 10.1. The van der Waals surface area contributed by atoms with E-state index in [1.807, 2.05) is 32.0 Å². The van der Waals surface area contributed by atoms with Gasteiger partial charge in [0.1, 0.15) is 11.5 Å². The summed E-state index contributed by atoms with van der Waals surface area (Å²) in [6.45, 7) is 4.03. The van der Waals surface area contributed by atoms with Gasteiger partial charge in [0.25, 0.3) is 0 Å². The maximum absolute atomic E-state index is 12.1. The average molecular weight is 300 g/mol. The molecule has 0 aromatic heterocycles. The summed E-state index contributed by atoms with van der Waals surface area (Å²) in [7, 11) is 3.12. The van der Waals surface area contributed by atoms with Crippen LogP contribution in [-0.2, 0) is 0 Å². The number of ether oxygens (including phenoxy) is 2.